The lowest BCUT2D eigenvalue weighted by Gasteiger charge is -2.26. The maximum atomic E-state index is 12.6. The molecule has 1 aromatic carbocycles. The number of sulfonamides is 1. The number of nitrogens with zero attached hydrogens (tertiary/aromatic N) is 1. The average molecular weight is 339 g/mol. The zero-order valence-electron chi connectivity index (χ0n) is 13.1. The number of hydrogen-bond donors (Lipinski definition) is 0. The van der Waals surface area contributed by atoms with Crippen LogP contribution in [0.1, 0.15) is 18.9 Å². The van der Waals surface area contributed by atoms with Crippen molar-refractivity contribution in [3.8, 4) is 0 Å². The lowest BCUT2D eigenvalue weighted by atomic mass is 10.2. The third-order valence-corrected chi connectivity index (χ3v) is 6.19. The van der Waals surface area contributed by atoms with Crippen LogP contribution in [0, 0.1) is 11.8 Å². The summed E-state index contributed by atoms with van der Waals surface area (Å²) < 4.78 is 37.1. The van der Waals surface area contributed by atoms with Crippen LogP contribution < -0.4 is 0 Å². The van der Waals surface area contributed by atoms with Gasteiger partial charge >= 0.3 is 5.97 Å². The SMILES string of the molecule is CC1CC1C(=O)OCc1cccc(S(=O)(=O)N2CCOCC2)c1. The van der Waals surface area contributed by atoms with Gasteiger partial charge in [-0.2, -0.15) is 4.31 Å². The topological polar surface area (TPSA) is 72.9 Å². The number of hydrogen-bond acceptors (Lipinski definition) is 5. The highest BCUT2D eigenvalue weighted by Crippen LogP contribution is 2.38. The van der Waals surface area contributed by atoms with Crippen LogP contribution in [0.4, 0.5) is 0 Å². The second-order valence-electron chi connectivity index (χ2n) is 6.09. The molecule has 7 heteroatoms. The van der Waals surface area contributed by atoms with Crippen LogP contribution in [-0.4, -0.2) is 45.0 Å². The minimum absolute atomic E-state index is 0.00950. The molecule has 0 N–H and O–H groups in total. The van der Waals surface area contributed by atoms with Gasteiger partial charge in [-0.15, -0.1) is 0 Å². The zero-order chi connectivity index (χ0) is 16.4. The van der Waals surface area contributed by atoms with Gasteiger partial charge < -0.3 is 9.47 Å². The largest absolute Gasteiger partial charge is 0.461 e. The summed E-state index contributed by atoms with van der Waals surface area (Å²) in [5.41, 5.74) is 0.681. The Balaban J connectivity index is 1.67. The number of benzene rings is 1. The van der Waals surface area contributed by atoms with Gasteiger partial charge in [0.1, 0.15) is 6.61 Å². The lowest BCUT2D eigenvalue weighted by Crippen LogP contribution is -2.40. The van der Waals surface area contributed by atoms with E-state index in [1.165, 1.54) is 4.31 Å². The minimum Gasteiger partial charge on any atom is -0.461 e. The lowest BCUT2D eigenvalue weighted by molar-refractivity contribution is -0.146. The Bertz CT molecular complexity index is 681. The summed E-state index contributed by atoms with van der Waals surface area (Å²) >= 11 is 0. The molecular weight excluding hydrogens is 318 g/mol. The van der Waals surface area contributed by atoms with Crippen molar-refractivity contribution in [1.29, 1.82) is 0 Å². The van der Waals surface area contributed by atoms with Crippen molar-refractivity contribution in [3.05, 3.63) is 29.8 Å². The van der Waals surface area contributed by atoms with Crippen molar-refractivity contribution in [1.82, 2.24) is 4.31 Å². The highest BCUT2D eigenvalue weighted by atomic mass is 32.2. The van der Waals surface area contributed by atoms with Crippen LogP contribution in [0.15, 0.2) is 29.2 Å². The first-order chi connectivity index (χ1) is 11.0. The molecule has 1 saturated heterocycles. The number of rotatable bonds is 5. The molecule has 3 rings (SSSR count). The molecular formula is C16H21NO5S. The van der Waals surface area contributed by atoms with Gasteiger partial charge in [-0.3, -0.25) is 4.79 Å². The Kier molecular flexibility index (Phi) is 4.70. The summed E-state index contributed by atoms with van der Waals surface area (Å²) in [4.78, 5) is 12.0. The second kappa shape index (κ2) is 6.59. The van der Waals surface area contributed by atoms with Gasteiger partial charge in [0.2, 0.25) is 10.0 Å². The third kappa shape index (κ3) is 3.73. The molecule has 6 nitrogen and oxygen atoms in total. The quantitative estimate of drug-likeness (QED) is 0.759. The van der Waals surface area contributed by atoms with Crippen molar-refractivity contribution < 1.29 is 22.7 Å². The zero-order valence-corrected chi connectivity index (χ0v) is 13.9. The fourth-order valence-corrected chi connectivity index (χ4v) is 4.12. The first-order valence-corrected chi connectivity index (χ1v) is 9.26. The van der Waals surface area contributed by atoms with E-state index in [0.29, 0.717) is 37.8 Å². The van der Waals surface area contributed by atoms with Crippen molar-refractivity contribution in [2.24, 2.45) is 11.8 Å². The minimum atomic E-state index is -3.52. The Labute approximate surface area is 136 Å². The van der Waals surface area contributed by atoms with Gasteiger partial charge in [-0.05, 0) is 30.0 Å². The van der Waals surface area contributed by atoms with E-state index in [-0.39, 0.29) is 23.4 Å². The first kappa shape index (κ1) is 16.4. The molecule has 2 fully saturated rings. The number of esters is 1. The van der Waals surface area contributed by atoms with Gasteiger partial charge in [0, 0.05) is 13.1 Å². The molecule has 1 aliphatic heterocycles. The van der Waals surface area contributed by atoms with Crippen LogP contribution >= 0.6 is 0 Å². The Hall–Kier alpha value is -1.44. The number of carbonyl (C=O) groups excluding carboxylic acids is 1. The smallest absolute Gasteiger partial charge is 0.309 e. The fraction of sp³-hybridized carbons (Fsp3) is 0.562. The highest BCUT2D eigenvalue weighted by Gasteiger charge is 2.40. The van der Waals surface area contributed by atoms with Gasteiger partial charge in [0.15, 0.2) is 0 Å². The predicted octanol–water partition coefficient (Wildman–Crippen LogP) is 1.41. The summed E-state index contributed by atoms with van der Waals surface area (Å²) in [7, 11) is -3.52. The van der Waals surface area contributed by atoms with Crippen LogP contribution in [0.2, 0.25) is 0 Å². The second-order valence-corrected chi connectivity index (χ2v) is 8.03. The summed E-state index contributed by atoms with van der Waals surface area (Å²) in [5.74, 6) is 0.213. The van der Waals surface area contributed by atoms with E-state index in [2.05, 4.69) is 0 Å². The Morgan fingerprint density at radius 2 is 2.04 bits per heavy atom. The van der Waals surface area contributed by atoms with Crippen molar-refractivity contribution >= 4 is 16.0 Å². The van der Waals surface area contributed by atoms with Crippen LogP contribution in [-0.2, 0) is 30.9 Å². The molecule has 1 heterocycles. The Morgan fingerprint density at radius 3 is 2.70 bits per heavy atom. The number of morpholine rings is 1. The molecule has 0 spiro atoms. The molecule has 2 atom stereocenters. The molecule has 0 radical (unpaired) electrons. The van der Waals surface area contributed by atoms with E-state index < -0.39 is 10.0 Å². The van der Waals surface area contributed by atoms with Crippen LogP contribution in [0.3, 0.4) is 0 Å². The molecule has 1 aliphatic carbocycles. The highest BCUT2D eigenvalue weighted by molar-refractivity contribution is 7.89. The Morgan fingerprint density at radius 1 is 1.35 bits per heavy atom. The molecule has 2 aliphatic rings. The van der Waals surface area contributed by atoms with Gasteiger partial charge in [-0.25, -0.2) is 8.42 Å². The van der Waals surface area contributed by atoms with Gasteiger partial charge in [0.25, 0.3) is 0 Å². The average Bonchev–Trinajstić information content (AvgIpc) is 3.31. The van der Waals surface area contributed by atoms with Crippen molar-refractivity contribution in [2.45, 2.75) is 24.8 Å². The molecule has 1 saturated carbocycles. The van der Waals surface area contributed by atoms with E-state index in [9.17, 15) is 13.2 Å². The normalized spacial score (nSPS) is 25.1. The van der Waals surface area contributed by atoms with E-state index in [4.69, 9.17) is 9.47 Å². The number of carbonyl (C=O) groups is 1. The van der Waals surface area contributed by atoms with E-state index in [1.807, 2.05) is 6.92 Å². The predicted molar refractivity (Wildman–Crippen MR) is 83.1 cm³/mol. The first-order valence-electron chi connectivity index (χ1n) is 7.82. The molecule has 2 unspecified atom stereocenters. The maximum Gasteiger partial charge on any atom is 0.309 e. The van der Waals surface area contributed by atoms with Gasteiger partial charge in [0.05, 0.1) is 24.0 Å². The third-order valence-electron chi connectivity index (χ3n) is 4.30. The van der Waals surface area contributed by atoms with Crippen molar-refractivity contribution in [3.63, 3.8) is 0 Å². The van der Waals surface area contributed by atoms with Crippen LogP contribution in [0.25, 0.3) is 0 Å². The summed E-state index contributed by atoms with van der Waals surface area (Å²) in [6, 6.07) is 6.59. The molecule has 126 valence electrons. The van der Waals surface area contributed by atoms with E-state index in [1.54, 1.807) is 24.3 Å². The number of ether oxygens (including phenoxy) is 2. The molecule has 0 aromatic heterocycles. The molecule has 23 heavy (non-hydrogen) atoms. The standard InChI is InChI=1S/C16H21NO5S/c1-12-9-15(12)16(18)22-11-13-3-2-4-14(10-13)23(19,20)17-5-7-21-8-6-17/h2-4,10,12,15H,5-9,11H2,1H3. The molecule has 0 bridgehead atoms. The summed E-state index contributed by atoms with van der Waals surface area (Å²) in [5, 5.41) is 0. The van der Waals surface area contributed by atoms with Crippen LogP contribution in [0.5, 0.6) is 0 Å². The fourth-order valence-electron chi connectivity index (χ4n) is 2.64. The summed E-state index contributed by atoms with van der Waals surface area (Å²) in [6.07, 6.45) is 0.879. The van der Waals surface area contributed by atoms with Gasteiger partial charge in [-0.1, -0.05) is 19.1 Å². The molecule has 1 aromatic rings. The van der Waals surface area contributed by atoms with E-state index >= 15 is 0 Å². The maximum absolute atomic E-state index is 12.6. The van der Waals surface area contributed by atoms with Crippen molar-refractivity contribution in [2.75, 3.05) is 26.3 Å². The molecule has 0 amide bonds. The van der Waals surface area contributed by atoms with E-state index in [0.717, 1.165) is 6.42 Å². The summed E-state index contributed by atoms with van der Waals surface area (Å²) in [6.45, 7) is 3.67. The monoisotopic (exact) mass is 339 g/mol.